The summed E-state index contributed by atoms with van der Waals surface area (Å²) in [5.74, 6) is 1.96. The van der Waals surface area contributed by atoms with E-state index in [1.807, 2.05) is 6.07 Å². The summed E-state index contributed by atoms with van der Waals surface area (Å²) in [5, 5.41) is 3.46. The van der Waals surface area contributed by atoms with Gasteiger partial charge in [0.1, 0.15) is 5.75 Å². The predicted octanol–water partition coefficient (Wildman–Crippen LogP) is 1.71. The van der Waals surface area contributed by atoms with E-state index in [9.17, 15) is 8.42 Å². The summed E-state index contributed by atoms with van der Waals surface area (Å²) in [6.45, 7) is 3.68. The molecule has 110 valence electrons. The Bertz CT molecular complexity index is 597. The summed E-state index contributed by atoms with van der Waals surface area (Å²) in [6, 6.07) is 6.57. The fourth-order valence-corrected chi connectivity index (χ4v) is 4.83. The molecule has 0 radical (unpaired) electrons. The van der Waals surface area contributed by atoms with Crippen LogP contribution >= 0.6 is 0 Å². The molecule has 0 saturated carbocycles. The third kappa shape index (κ3) is 2.99. The van der Waals surface area contributed by atoms with E-state index in [4.69, 9.17) is 4.74 Å². The van der Waals surface area contributed by atoms with Crippen LogP contribution in [0.4, 0.5) is 0 Å². The van der Waals surface area contributed by atoms with Crippen molar-refractivity contribution in [3.05, 3.63) is 29.3 Å². The number of hydrogen-bond acceptors (Lipinski definition) is 4. The molecule has 0 aliphatic carbocycles. The summed E-state index contributed by atoms with van der Waals surface area (Å²) in [7, 11) is -2.77. The molecule has 5 heteroatoms. The molecule has 3 rings (SSSR count). The van der Waals surface area contributed by atoms with Crippen molar-refractivity contribution in [3.8, 4) is 5.75 Å². The van der Waals surface area contributed by atoms with Crippen molar-refractivity contribution >= 4 is 9.84 Å². The zero-order valence-corrected chi connectivity index (χ0v) is 12.6. The Labute approximate surface area is 120 Å². The van der Waals surface area contributed by atoms with E-state index in [1.165, 1.54) is 11.1 Å². The largest absolute Gasteiger partial charge is 0.493 e. The molecule has 2 aliphatic rings. The number of hydrogen-bond donors (Lipinski definition) is 1. The molecule has 1 aromatic carbocycles. The monoisotopic (exact) mass is 295 g/mol. The topological polar surface area (TPSA) is 55.4 Å². The van der Waals surface area contributed by atoms with E-state index in [0.29, 0.717) is 11.5 Å². The van der Waals surface area contributed by atoms with Gasteiger partial charge < -0.3 is 10.1 Å². The highest BCUT2D eigenvalue weighted by Gasteiger charge is 2.27. The normalized spacial score (nSPS) is 25.1. The maximum absolute atomic E-state index is 11.4. The number of nitrogens with one attached hydrogen (secondary N) is 1. The van der Waals surface area contributed by atoms with Crippen LogP contribution in [0.25, 0.3) is 0 Å². The third-order valence-corrected chi connectivity index (χ3v) is 6.09. The summed E-state index contributed by atoms with van der Waals surface area (Å²) < 4.78 is 28.4. The van der Waals surface area contributed by atoms with Crippen molar-refractivity contribution in [2.75, 3.05) is 24.7 Å². The Morgan fingerprint density at radius 3 is 3.05 bits per heavy atom. The van der Waals surface area contributed by atoms with Crippen LogP contribution in [-0.4, -0.2) is 33.1 Å². The van der Waals surface area contributed by atoms with E-state index in [-0.39, 0.29) is 12.0 Å². The molecule has 1 saturated heterocycles. The molecule has 1 aromatic rings. The highest BCUT2D eigenvalue weighted by atomic mass is 32.2. The van der Waals surface area contributed by atoms with Crippen LogP contribution in [0.15, 0.2) is 18.2 Å². The van der Waals surface area contributed by atoms with Gasteiger partial charge in [-0.1, -0.05) is 12.1 Å². The van der Waals surface area contributed by atoms with Crippen LogP contribution in [0.5, 0.6) is 5.75 Å². The first-order valence-corrected chi connectivity index (χ1v) is 9.05. The van der Waals surface area contributed by atoms with Crippen LogP contribution in [0.3, 0.4) is 0 Å². The molecule has 1 N–H and O–H groups in total. The van der Waals surface area contributed by atoms with Crippen LogP contribution in [-0.2, 0) is 16.3 Å². The van der Waals surface area contributed by atoms with Gasteiger partial charge in [-0.25, -0.2) is 8.42 Å². The van der Waals surface area contributed by atoms with Crippen LogP contribution in [0.1, 0.15) is 30.5 Å². The van der Waals surface area contributed by atoms with Gasteiger partial charge in [-0.3, -0.25) is 0 Å². The first-order chi connectivity index (χ1) is 9.53. The summed E-state index contributed by atoms with van der Waals surface area (Å²) in [5.41, 5.74) is 2.52. The first-order valence-electron chi connectivity index (χ1n) is 7.23. The third-order valence-electron chi connectivity index (χ3n) is 4.25. The lowest BCUT2D eigenvalue weighted by Gasteiger charge is -2.17. The molecule has 0 spiro atoms. The molecule has 2 aliphatic heterocycles. The van der Waals surface area contributed by atoms with Gasteiger partial charge in [0.25, 0.3) is 0 Å². The molecule has 2 unspecified atom stereocenters. The second kappa shape index (κ2) is 5.37. The average Bonchev–Trinajstić information content (AvgIpc) is 3.01. The molecule has 1 fully saturated rings. The SMILES string of the molecule is CC(NCC1CCS(=O)(=O)C1)c1ccc2c(c1)CCO2. The number of rotatable bonds is 4. The van der Waals surface area contributed by atoms with Gasteiger partial charge in [0, 0.05) is 12.5 Å². The Morgan fingerprint density at radius 2 is 2.30 bits per heavy atom. The van der Waals surface area contributed by atoms with Crippen LogP contribution in [0, 0.1) is 5.92 Å². The van der Waals surface area contributed by atoms with E-state index in [1.54, 1.807) is 0 Å². The number of sulfone groups is 1. The van der Waals surface area contributed by atoms with E-state index in [0.717, 1.165) is 31.7 Å². The number of fused-ring (bicyclic) bond motifs is 1. The van der Waals surface area contributed by atoms with Crippen molar-refractivity contribution in [1.82, 2.24) is 5.32 Å². The molecule has 0 amide bonds. The quantitative estimate of drug-likeness (QED) is 0.919. The predicted molar refractivity (Wildman–Crippen MR) is 78.8 cm³/mol. The summed E-state index contributed by atoms with van der Waals surface area (Å²) in [6.07, 6.45) is 1.77. The van der Waals surface area contributed by atoms with Crippen molar-refractivity contribution in [3.63, 3.8) is 0 Å². The van der Waals surface area contributed by atoms with Crippen molar-refractivity contribution in [1.29, 1.82) is 0 Å². The van der Waals surface area contributed by atoms with E-state index < -0.39 is 9.84 Å². The van der Waals surface area contributed by atoms with Gasteiger partial charge in [0.2, 0.25) is 0 Å². The number of benzene rings is 1. The second-order valence-electron chi connectivity index (χ2n) is 5.86. The summed E-state index contributed by atoms with van der Waals surface area (Å²) >= 11 is 0. The Morgan fingerprint density at radius 1 is 1.45 bits per heavy atom. The highest BCUT2D eigenvalue weighted by molar-refractivity contribution is 7.91. The van der Waals surface area contributed by atoms with Gasteiger partial charge in [-0.15, -0.1) is 0 Å². The van der Waals surface area contributed by atoms with Gasteiger partial charge in [0.15, 0.2) is 9.84 Å². The van der Waals surface area contributed by atoms with Crippen molar-refractivity contribution < 1.29 is 13.2 Å². The minimum absolute atomic E-state index is 0.240. The van der Waals surface area contributed by atoms with Gasteiger partial charge in [0.05, 0.1) is 18.1 Å². The van der Waals surface area contributed by atoms with Crippen molar-refractivity contribution in [2.45, 2.75) is 25.8 Å². The zero-order chi connectivity index (χ0) is 14.2. The standard InChI is InChI=1S/C15H21NO3S/c1-11(16-9-12-5-7-20(17,18)10-12)13-2-3-15-14(8-13)4-6-19-15/h2-3,8,11-12,16H,4-7,9-10H2,1H3. The molecular weight excluding hydrogens is 274 g/mol. The molecule has 0 aromatic heterocycles. The fourth-order valence-electron chi connectivity index (χ4n) is 2.97. The van der Waals surface area contributed by atoms with E-state index in [2.05, 4.69) is 24.4 Å². The zero-order valence-electron chi connectivity index (χ0n) is 11.8. The summed E-state index contributed by atoms with van der Waals surface area (Å²) in [4.78, 5) is 0. The Balaban J connectivity index is 1.58. The second-order valence-corrected chi connectivity index (χ2v) is 8.09. The average molecular weight is 295 g/mol. The fraction of sp³-hybridized carbons (Fsp3) is 0.600. The van der Waals surface area contributed by atoms with Gasteiger partial charge in [-0.05, 0) is 43.0 Å². The smallest absolute Gasteiger partial charge is 0.150 e. The number of ether oxygens (including phenoxy) is 1. The minimum atomic E-state index is -2.77. The van der Waals surface area contributed by atoms with Gasteiger partial charge >= 0.3 is 0 Å². The van der Waals surface area contributed by atoms with Crippen molar-refractivity contribution in [2.24, 2.45) is 5.92 Å². The van der Waals surface area contributed by atoms with Crippen LogP contribution in [0.2, 0.25) is 0 Å². The molecule has 2 heterocycles. The Hall–Kier alpha value is -1.07. The molecule has 4 nitrogen and oxygen atoms in total. The molecular formula is C15H21NO3S. The molecule has 0 bridgehead atoms. The Kier molecular flexibility index (Phi) is 3.73. The minimum Gasteiger partial charge on any atom is -0.493 e. The maximum atomic E-state index is 11.4. The van der Waals surface area contributed by atoms with E-state index >= 15 is 0 Å². The lowest BCUT2D eigenvalue weighted by Crippen LogP contribution is -2.26. The highest BCUT2D eigenvalue weighted by Crippen LogP contribution is 2.28. The van der Waals surface area contributed by atoms with Crippen LogP contribution < -0.4 is 10.1 Å². The maximum Gasteiger partial charge on any atom is 0.150 e. The van der Waals surface area contributed by atoms with Gasteiger partial charge in [-0.2, -0.15) is 0 Å². The lowest BCUT2D eigenvalue weighted by molar-refractivity contribution is 0.356. The lowest BCUT2D eigenvalue weighted by atomic mass is 10.0. The first kappa shape index (κ1) is 13.9. The molecule has 20 heavy (non-hydrogen) atoms. The molecule has 2 atom stereocenters.